The van der Waals surface area contributed by atoms with Crippen molar-refractivity contribution in [1.29, 1.82) is 0 Å². The average Bonchev–Trinajstić information content (AvgIpc) is 2.68. The van der Waals surface area contributed by atoms with E-state index < -0.39 is 0 Å². The lowest BCUT2D eigenvalue weighted by atomic mass is 10.1. The zero-order valence-corrected chi connectivity index (χ0v) is 16.3. The molecule has 0 bridgehead atoms. The Kier molecular flexibility index (Phi) is 8.45. The van der Waals surface area contributed by atoms with Crippen molar-refractivity contribution in [1.82, 2.24) is 0 Å². The fourth-order valence-electron chi connectivity index (χ4n) is 2.46. The first kappa shape index (κ1) is 20.6. The van der Waals surface area contributed by atoms with Crippen molar-refractivity contribution in [3.05, 3.63) is 53.6 Å². The quantitative estimate of drug-likeness (QED) is 0.488. The van der Waals surface area contributed by atoms with E-state index in [9.17, 15) is 0 Å². The van der Waals surface area contributed by atoms with Crippen molar-refractivity contribution >= 4 is 11.6 Å². The van der Waals surface area contributed by atoms with Crippen molar-refractivity contribution in [2.45, 2.75) is 33.9 Å². The molecule has 0 amide bonds. The average molecular weight is 371 g/mol. The van der Waals surface area contributed by atoms with E-state index in [0.29, 0.717) is 44.7 Å². The highest BCUT2D eigenvalue weighted by Crippen LogP contribution is 2.29. The van der Waals surface area contributed by atoms with Gasteiger partial charge in [-0.25, -0.2) is 4.99 Å². The summed E-state index contributed by atoms with van der Waals surface area (Å²) in [5, 5.41) is 3.11. The van der Waals surface area contributed by atoms with Crippen LogP contribution in [0.3, 0.4) is 0 Å². The van der Waals surface area contributed by atoms with Gasteiger partial charge in [0.25, 0.3) is 0 Å². The van der Waals surface area contributed by atoms with Gasteiger partial charge in [0.05, 0.1) is 32.1 Å². The molecule has 0 aliphatic rings. The lowest BCUT2D eigenvalue weighted by molar-refractivity contribution is 0.134. The minimum absolute atomic E-state index is 0.322. The molecule has 0 saturated heterocycles. The molecule has 2 rings (SSSR count). The van der Waals surface area contributed by atoms with E-state index in [0.717, 1.165) is 22.6 Å². The third kappa shape index (κ3) is 6.83. The molecule has 0 spiro atoms. The number of hydrogen-bond acceptors (Lipinski definition) is 4. The van der Waals surface area contributed by atoms with Gasteiger partial charge in [-0.15, -0.1) is 0 Å². The van der Waals surface area contributed by atoms with Crippen LogP contribution in [-0.4, -0.2) is 25.8 Å². The van der Waals surface area contributed by atoms with E-state index in [1.54, 1.807) is 0 Å². The van der Waals surface area contributed by atoms with Crippen LogP contribution in [0.2, 0.25) is 0 Å². The molecule has 0 radical (unpaired) electrons. The topological polar surface area (TPSA) is 78.1 Å². The second kappa shape index (κ2) is 11.1. The summed E-state index contributed by atoms with van der Waals surface area (Å²) in [4.78, 5) is 4.41. The van der Waals surface area contributed by atoms with Crippen LogP contribution in [0.5, 0.6) is 11.5 Å². The maximum Gasteiger partial charge on any atom is 0.193 e. The van der Waals surface area contributed by atoms with Gasteiger partial charge in [-0.05, 0) is 44.0 Å². The van der Waals surface area contributed by atoms with Crippen LogP contribution in [0, 0.1) is 0 Å². The molecule has 6 nitrogen and oxygen atoms in total. The zero-order valence-electron chi connectivity index (χ0n) is 16.3. The van der Waals surface area contributed by atoms with Crippen LogP contribution in [-0.2, 0) is 17.9 Å². The van der Waals surface area contributed by atoms with Gasteiger partial charge in [0.2, 0.25) is 0 Å². The highest BCUT2D eigenvalue weighted by atomic mass is 16.5. The summed E-state index contributed by atoms with van der Waals surface area (Å²) in [7, 11) is 0. The molecular formula is C21H29N3O3. The fraction of sp³-hybridized carbons (Fsp3) is 0.381. The van der Waals surface area contributed by atoms with Crippen molar-refractivity contribution in [3.63, 3.8) is 0 Å². The van der Waals surface area contributed by atoms with E-state index >= 15 is 0 Å². The van der Waals surface area contributed by atoms with Crippen LogP contribution >= 0.6 is 0 Å². The number of hydrogen-bond donors (Lipinski definition) is 2. The van der Waals surface area contributed by atoms with Gasteiger partial charge in [-0.2, -0.15) is 0 Å². The third-order valence-electron chi connectivity index (χ3n) is 3.75. The number of guanidine groups is 1. The van der Waals surface area contributed by atoms with Crippen molar-refractivity contribution in [3.8, 4) is 11.5 Å². The summed E-state index contributed by atoms with van der Waals surface area (Å²) < 4.78 is 16.6. The number of anilines is 1. The Bertz CT molecular complexity index is 730. The van der Waals surface area contributed by atoms with Gasteiger partial charge in [0.1, 0.15) is 11.5 Å². The van der Waals surface area contributed by atoms with E-state index in [-0.39, 0.29) is 0 Å². The molecule has 0 heterocycles. The Morgan fingerprint density at radius 2 is 1.63 bits per heavy atom. The molecule has 146 valence electrons. The standard InChI is InChI=1S/C21H29N3O3/c1-4-25-15-17-9-7-16(8-10-17)14-23-21(22)24-19-13-18(26-5-2)11-12-20(19)27-6-3/h7-13H,4-6,14-15H2,1-3H3,(H3,22,23,24). The van der Waals surface area contributed by atoms with Gasteiger partial charge in [0.15, 0.2) is 5.96 Å². The summed E-state index contributed by atoms with van der Waals surface area (Å²) in [5.74, 6) is 1.78. The molecule has 6 heteroatoms. The van der Waals surface area contributed by atoms with Crippen LogP contribution in [0.1, 0.15) is 31.9 Å². The second-order valence-corrected chi connectivity index (χ2v) is 5.80. The van der Waals surface area contributed by atoms with Gasteiger partial charge >= 0.3 is 0 Å². The van der Waals surface area contributed by atoms with Gasteiger partial charge in [-0.1, -0.05) is 24.3 Å². The number of nitrogens with two attached hydrogens (primary N) is 1. The molecule has 3 N–H and O–H groups in total. The Morgan fingerprint density at radius 1 is 0.926 bits per heavy atom. The number of aliphatic imine (C=N–C) groups is 1. The van der Waals surface area contributed by atoms with Crippen LogP contribution in [0.15, 0.2) is 47.5 Å². The monoisotopic (exact) mass is 371 g/mol. The highest BCUT2D eigenvalue weighted by Gasteiger charge is 2.07. The number of ether oxygens (including phenoxy) is 3. The maximum absolute atomic E-state index is 6.06. The predicted molar refractivity (Wildman–Crippen MR) is 110 cm³/mol. The first-order valence-electron chi connectivity index (χ1n) is 9.28. The number of nitrogens with zero attached hydrogens (tertiary/aromatic N) is 1. The van der Waals surface area contributed by atoms with Gasteiger partial charge in [-0.3, -0.25) is 0 Å². The van der Waals surface area contributed by atoms with Gasteiger partial charge in [0, 0.05) is 12.7 Å². The van der Waals surface area contributed by atoms with Crippen LogP contribution < -0.4 is 20.5 Å². The van der Waals surface area contributed by atoms with Crippen LogP contribution in [0.25, 0.3) is 0 Å². The second-order valence-electron chi connectivity index (χ2n) is 5.80. The van der Waals surface area contributed by atoms with Crippen molar-refractivity contribution in [2.24, 2.45) is 10.7 Å². The van der Waals surface area contributed by atoms with Crippen molar-refractivity contribution in [2.75, 3.05) is 25.1 Å². The molecule has 0 aliphatic carbocycles. The molecule has 0 aliphatic heterocycles. The van der Waals surface area contributed by atoms with Crippen molar-refractivity contribution < 1.29 is 14.2 Å². The molecule has 2 aromatic rings. The van der Waals surface area contributed by atoms with E-state index in [2.05, 4.69) is 10.3 Å². The van der Waals surface area contributed by atoms with E-state index in [1.165, 1.54) is 0 Å². The van der Waals surface area contributed by atoms with E-state index in [1.807, 2.05) is 63.2 Å². The highest BCUT2D eigenvalue weighted by molar-refractivity contribution is 5.94. The number of rotatable bonds is 10. The lowest BCUT2D eigenvalue weighted by Crippen LogP contribution is -2.23. The summed E-state index contributed by atoms with van der Waals surface area (Å²) >= 11 is 0. The normalized spacial score (nSPS) is 11.3. The summed E-state index contributed by atoms with van der Waals surface area (Å²) in [6.07, 6.45) is 0. The number of nitrogens with one attached hydrogen (secondary N) is 1. The fourth-order valence-corrected chi connectivity index (χ4v) is 2.46. The number of benzene rings is 2. The molecule has 0 saturated carbocycles. The minimum atomic E-state index is 0.322. The lowest BCUT2D eigenvalue weighted by Gasteiger charge is -2.14. The molecule has 0 aromatic heterocycles. The molecule has 0 atom stereocenters. The Morgan fingerprint density at radius 3 is 2.30 bits per heavy atom. The zero-order chi connectivity index (χ0) is 19.5. The Labute approximate surface area is 161 Å². The molecule has 0 fully saturated rings. The molecule has 2 aromatic carbocycles. The summed E-state index contributed by atoms with van der Waals surface area (Å²) in [6.45, 7) is 8.85. The summed E-state index contributed by atoms with van der Waals surface area (Å²) in [5.41, 5.74) is 9.01. The maximum atomic E-state index is 6.06. The smallest absolute Gasteiger partial charge is 0.193 e. The van der Waals surface area contributed by atoms with Gasteiger partial charge < -0.3 is 25.3 Å². The summed E-state index contributed by atoms with van der Waals surface area (Å²) in [6, 6.07) is 13.8. The van der Waals surface area contributed by atoms with E-state index in [4.69, 9.17) is 19.9 Å². The first-order valence-corrected chi connectivity index (χ1v) is 9.28. The first-order chi connectivity index (χ1) is 13.2. The van der Waals surface area contributed by atoms with Crippen LogP contribution in [0.4, 0.5) is 5.69 Å². The SMILES string of the molecule is CCOCc1ccc(CN=C(N)Nc2cc(OCC)ccc2OCC)cc1. The molecular weight excluding hydrogens is 342 g/mol. The molecule has 0 unspecified atom stereocenters. The Balaban J connectivity index is 2.02. The largest absolute Gasteiger partial charge is 0.494 e. The Hall–Kier alpha value is -2.73. The third-order valence-corrected chi connectivity index (χ3v) is 3.75. The molecule has 27 heavy (non-hydrogen) atoms. The predicted octanol–water partition coefficient (Wildman–Crippen LogP) is 3.95. The minimum Gasteiger partial charge on any atom is -0.494 e.